The van der Waals surface area contributed by atoms with Gasteiger partial charge in [-0.1, -0.05) is 13.0 Å². The number of aryl methyl sites for hydroxylation is 1. The molecular formula is C17H17N3O2. The highest BCUT2D eigenvalue weighted by molar-refractivity contribution is 6.06. The number of carbonyl (C=O) groups excluding carboxylic acids is 1. The molecule has 1 amide bonds. The lowest BCUT2D eigenvalue weighted by atomic mass is 10.1. The minimum absolute atomic E-state index is 0.0734. The van der Waals surface area contributed by atoms with Crippen LogP contribution >= 0.6 is 0 Å². The van der Waals surface area contributed by atoms with Crippen LogP contribution in [-0.4, -0.2) is 21.5 Å². The van der Waals surface area contributed by atoms with Crippen molar-refractivity contribution in [2.75, 3.05) is 0 Å². The summed E-state index contributed by atoms with van der Waals surface area (Å²) in [5.74, 6) is -0.0734. The quantitative estimate of drug-likeness (QED) is 0.808. The number of benzene rings is 1. The third kappa shape index (κ3) is 2.09. The zero-order valence-corrected chi connectivity index (χ0v) is 12.4. The molecule has 1 aliphatic heterocycles. The molecule has 5 heteroatoms. The summed E-state index contributed by atoms with van der Waals surface area (Å²) in [6.07, 6.45) is 6.97. The maximum absolute atomic E-state index is 12.6. The second kappa shape index (κ2) is 5.02. The number of furan rings is 1. The molecular weight excluding hydrogens is 278 g/mol. The van der Waals surface area contributed by atoms with E-state index < -0.39 is 0 Å². The van der Waals surface area contributed by atoms with Gasteiger partial charge in [-0.25, -0.2) is 4.98 Å². The molecule has 1 aromatic carbocycles. The smallest absolute Gasteiger partial charge is 0.255 e. The molecule has 1 atom stereocenters. The van der Waals surface area contributed by atoms with Crippen molar-refractivity contribution < 1.29 is 9.21 Å². The zero-order chi connectivity index (χ0) is 15.1. The Kier molecular flexibility index (Phi) is 2.99. The Morgan fingerprint density at radius 2 is 2.41 bits per heavy atom. The number of hydrogen-bond acceptors (Lipinski definition) is 3. The van der Waals surface area contributed by atoms with Crippen LogP contribution in [0.1, 0.15) is 28.5 Å². The topological polar surface area (TPSA) is 60.1 Å². The predicted octanol–water partition coefficient (Wildman–Crippen LogP) is 2.55. The summed E-state index contributed by atoms with van der Waals surface area (Å²) >= 11 is 0. The van der Waals surface area contributed by atoms with E-state index in [4.69, 9.17) is 4.42 Å². The zero-order valence-electron chi connectivity index (χ0n) is 12.4. The Hall–Kier alpha value is -2.56. The number of nitrogens with one attached hydrogen (secondary N) is 1. The maximum atomic E-state index is 12.6. The third-order valence-corrected chi connectivity index (χ3v) is 4.30. The number of aromatic nitrogens is 2. The second-order valence-electron chi connectivity index (χ2n) is 5.75. The van der Waals surface area contributed by atoms with E-state index in [1.807, 2.05) is 30.7 Å². The van der Waals surface area contributed by atoms with Gasteiger partial charge < -0.3 is 14.3 Å². The molecule has 0 bridgehead atoms. The average molecular weight is 295 g/mol. The summed E-state index contributed by atoms with van der Waals surface area (Å²) in [4.78, 5) is 16.7. The largest absolute Gasteiger partial charge is 0.463 e. The van der Waals surface area contributed by atoms with Gasteiger partial charge in [-0.2, -0.15) is 0 Å². The minimum Gasteiger partial charge on any atom is -0.463 e. The van der Waals surface area contributed by atoms with E-state index in [9.17, 15) is 4.79 Å². The summed E-state index contributed by atoms with van der Waals surface area (Å²) in [5, 5.41) is 3.98. The molecule has 0 saturated heterocycles. The van der Waals surface area contributed by atoms with E-state index in [1.165, 1.54) is 5.56 Å². The standard InChI is InChI=1S/C17H17N3O2/c1-2-11-3-4-16-14(5-11)15(9-22-16)17(21)19-12-6-13-7-18-10-20(13)8-12/h3-5,7,9-10,12H,2,6,8H2,1H3,(H,19,21). The molecule has 22 heavy (non-hydrogen) atoms. The highest BCUT2D eigenvalue weighted by atomic mass is 16.3. The fraction of sp³-hybridized carbons (Fsp3) is 0.294. The number of amides is 1. The lowest BCUT2D eigenvalue weighted by Crippen LogP contribution is -2.35. The summed E-state index contributed by atoms with van der Waals surface area (Å²) in [6, 6.07) is 6.11. The number of hydrogen-bond donors (Lipinski definition) is 1. The summed E-state index contributed by atoms with van der Waals surface area (Å²) in [5.41, 5.74) is 3.73. The normalized spacial score (nSPS) is 16.9. The van der Waals surface area contributed by atoms with Gasteiger partial charge in [0.1, 0.15) is 11.8 Å². The van der Waals surface area contributed by atoms with Crippen molar-refractivity contribution in [1.82, 2.24) is 14.9 Å². The van der Waals surface area contributed by atoms with Crippen LogP contribution < -0.4 is 5.32 Å². The van der Waals surface area contributed by atoms with Crippen LogP contribution in [0.15, 0.2) is 41.4 Å². The average Bonchev–Trinajstić information content (AvgIpc) is 3.19. The van der Waals surface area contributed by atoms with E-state index in [1.54, 1.807) is 6.26 Å². The van der Waals surface area contributed by atoms with Crippen molar-refractivity contribution in [3.05, 3.63) is 53.8 Å². The molecule has 3 aromatic rings. The van der Waals surface area contributed by atoms with Crippen molar-refractivity contribution >= 4 is 16.9 Å². The van der Waals surface area contributed by atoms with E-state index in [-0.39, 0.29) is 11.9 Å². The molecule has 112 valence electrons. The first-order valence-corrected chi connectivity index (χ1v) is 7.54. The Labute approximate surface area is 127 Å². The van der Waals surface area contributed by atoms with Gasteiger partial charge in [0.05, 0.1) is 17.9 Å². The lowest BCUT2D eigenvalue weighted by molar-refractivity contribution is 0.0937. The first-order chi connectivity index (χ1) is 10.7. The van der Waals surface area contributed by atoms with Crippen LogP contribution in [0.2, 0.25) is 0 Å². The van der Waals surface area contributed by atoms with Gasteiger partial charge in [0.25, 0.3) is 5.91 Å². The molecule has 1 N–H and O–H groups in total. The predicted molar refractivity (Wildman–Crippen MR) is 82.8 cm³/mol. The first kappa shape index (κ1) is 13.1. The van der Waals surface area contributed by atoms with Crippen molar-refractivity contribution in [2.24, 2.45) is 0 Å². The molecule has 0 aliphatic carbocycles. The minimum atomic E-state index is -0.0734. The monoisotopic (exact) mass is 295 g/mol. The number of rotatable bonds is 3. The fourth-order valence-electron chi connectivity index (χ4n) is 3.07. The molecule has 1 aliphatic rings. The van der Waals surface area contributed by atoms with Gasteiger partial charge in [0.2, 0.25) is 0 Å². The van der Waals surface area contributed by atoms with E-state index >= 15 is 0 Å². The summed E-state index contributed by atoms with van der Waals surface area (Å²) in [7, 11) is 0. The van der Waals surface area contributed by atoms with Gasteiger partial charge in [-0.15, -0.1) is 0 Å². The SMILES string of the molecule is CCc1ccc2occ(C(=O)NC3Cc4cncn4C3)c2c1. The first-order valence-electron chi connectivity index (χ1n) is 7.54. The fourth-order valence-corrected chi connectivity index (χ4v) is 3.07. The Balaban J connectivity index is 1.57. The second-order valence-corrected chi connectivity index (χ2v) is 5.75. The van der Waals surface area contributed by atoms with Crippen LogP contribution in [0.4, 0.5) is 0 Å². The van der Waals surface area contributed by atoms with Crippen LogP contribution in [0.5, 0.6) is 0 Å². The Morgan fingerprint density at radius 1 is 1.50 bits per heavy atom. The molecule has 2 aromatic heterocycles. The number of carbonyl (C=O) groups is 1. The van der Waals surface area contributed by atoms with Crippen LogP contribution in [-0.2, 0) is 19.4 Å². The highest BCUT2D eigenvalue weighted by Gasteiger charge is 2.24. The molecule has 3 heterocycles. The van der Waals surface area contributed by atoms with Gasteiger partial charge in [-0.05, 0) is 24.1 Å². The van der Waals surface area contributed by atoms with Crippen LogP contribution in [0, 0.1) is 0 Å². The summed E-state index contributed by atoms with van der Waals surface area (Å²) in [6.45, 7) is 2.87. The lowest BCUT2D eigenvalue weighted by Gasteiger charge is -2.11. The Bertz CT molecular complexity index is 826. The number of imidazole rings is 1. The van der Waals surface area contributed by atoms with Crippen LogP contribution in [0.3, 0.4) is 0 Å². The van der Waals surface area contributed by atoms with Crippen molar-refractivity contribution in [2.45, 2.75) is 32.4 Å². The molecule has 0 radical (unpaired) electrons. The van der Waals surface area contributed by atoms with Crippen molar-refractivity contribution in [3.8, 4) is 0 Å². The van der Waals surface area contributed by atoms with Gasteiger partial charge in [0.15, 0.2) is 0 Å². The number of nitrogens with zero attached hydrogens (tertiary/aromatic N) is 2. The molecule has 1 unspecified atom stereocenters. The van der Waals surface area contributed by atoms with Gasteiger partial charge in [-0.3, -0.25) is 4.79 Å². The van der Waals surface area contributed by atoms with Gasteiger partial charge in [0, 0.05) is 30.2 Å². The van der Waals surface area contributed by atoms with Gasteiger partial charge >= 0.3 is 0 Å². The Morgan fingerprint density at radius 3 is 3.23 bits per heavy atom. The number of fused-ring (bicyclic) bond motifs is 2. The van der Waals surface area contributed by atoms with E-state index in [0.29, 0.717) is 5.56 Å². The third-order valence-electron chi connectivity index (χ3n) is 4.30. The van der Waals surface area contributed by atoms with E-state index in [2.05, 4.69) is 21.8 Å². The van der Waals surface area contributed by atoms with E-state index in [0.717, 1.165) is 36.0 Å². The van der Waals surface area contributed by atoms with Crippen molar-refractivity contribution in [1.29, 1.82) is 0 Å². The van der Waals surface area contributed by atoms with Crippen molar-refractivity contribution in [3.63, 3.8) is 0 Å². The highest BCUT2D eigenvalue weighted by Crippen LogP contribution is 2.23. The molecule has 0 spiro atoms. The summed E-state index contributed by atoms with van der Waals surface area (Å²) < 4.78 is 7.58. The van der Waals surface area contributed by atoms with Crippen LogP contribution in [0.25, 0.3) is 11.0 Å². The molecule has 4 rings (SSSR count). The maximum Gasteiger partial charge on any atom is 0.255 e. The molecule has 0 fully saturated rings. The molecule has 5 nitrogen and oxygen atoms in total. The molecule has 0 saturated carbocycles.